The minimum Gasteiger partial charge on any atom is -0.506 e. The summed E-state index contributed by atoms with van der Waals surface area (Å²) in [7, 11) is -7.62. The monoisotopic (exact) mass is 493 g/mol. The molecule has 11 heteroatoms. The molecule has 0 spiro atoms. The fourth-order valence-corrected chi connectivity index (χ4v) is 7.32. The highest BCUT2D eigenvalue weighted by atomic mass is 32.2. The molecule has 2 heterocycles. The van der Waals surface area contributed by atoms with E-state index in [1.165, 1.54) is 12.1 Å². The predicted molar refractivity (Wildman–Crippen MR) is 123 cm³/mol. The van der Waals surface area contributed by atoms with Gasteiger partial charge in [-0.25, -0.2) is 17.4 Å². The molecule has 2 N–H and O–H groups in total. The lowest BCUT2D eigenvalue weighted by molar-refractivity contribution is -0.117. The van der Waals surface area contributed by atoms with Crippen molar-refractivity contribution in [3.63, 3.8) is 0 Å². The standard InChI is InChI=1S/C22H27N3O6S2/c26-21-15-17(11-13-20(21)25-16-22(27)23-33(25,30)31)10-12-18-7-3-2-6-14-24(18)32(28,29)19-8-4-1-5-9-19/h1,4-5,8-9,11,13,15,18,26H,2-3,6-7,10,12,14,16H2,(H,23,27). The molecular weight excluding hydrogens is 466 g/mol. The van der Waals surface area contributed by atoms with Gasteiger partial charge in [0.15, 0.2) is 0 Å². The predicted octanol–water partition coefficient (Wildman–Crippen LogP) is 2.14. The van der Waals surface area contributed by atoms with Gasteiger partial charge in [-0.3, -0.25) is 4.79 Å². The lowest BCUT2D eigenvalue weighted by Crippen LogP contribution is -2.40. The molecule has 0 aliphatic carbocycles. The summed E-state index contributed by atoms with van der Waals surface area (Å²) in [6.07, 6.45) is 4.59. The van der Waals surface area contributed by atoms with E-state index in [0.717, 1.165) is 35.6 Å². The first kappa shape index (κ1) is 23.5. The molecule has 1 unspecified atom stereocenters. The number of aromatic hydroxyl groups is 1. The van der Waals surface area contributed by atoms with Gasteiger partial charge in [0.05, 0.1) is 10.6 Å². The summed E-state index contributed by atoms with van der Waals surface area (Å²) in [4.78, 5) is 11.8. The van der Waals surface area contributed by atoms with Gasteiger partial charge in [-0.1, -0.05) is 37.1 Å². The fourth-order valence-electron chi connectivity index (χ4n) is 4.41. The molecule has 2 saturated heterocycles. The number of hydrogen-bond donors (Lipinski definition) is 2. The number of sulfonamides is 1. The molecule has 9 nitrogen and oxygen atoms in total. The van der Waals surface area contributed by atoms with E-state index in [9.17, 15) is 26.7 Å². The van der Waals surface area contributed by atoms with Crippen LogP contribution in [0.25, 0.3) is 0 Å². The van der Waals surface area contributed by atoms with Gasteiger partial charge in [0.1, 0.15) is 12.3 Å². The van der Waals surface area contributed by atoms with Crippen molar-refractivity contribution in [1.29, 1.82) is 0 Å². The number of phenols is 1. The average molecular weight is 494 g/mol. The van der Waals surface area contributed by atoms with E-state index in [4.69, 9.17) is 0 Å². The highest BCUT2D eigenvalue weighted by Crippen LogP contribution is 2.33. The quantitative estimate of drug-likeness (QED) is 0.635. The van der Waals surface area contributed by atoms with Crippen molar-refractivity contribution in [1.82, 2.24) is 9.03 Å². The molecule has 2 aliphatic rings. The van der Waals surface area contributed by atoms with E-state index in [-0.39, 0.29) is 28.9 Å². The van der Waals surface area contributed by atoms with Crippen LogP contribution in [-0.2, 0) is 31.4 Å². The fraction of sp³-hybridized carbons (Fsp3) is 0.409. The Morgan fingerprint density at radius 1 is 1.06 bits per heavy atom. The van der Waals surface area contributed by atoms with Crippen LogP contribution in [0.3, 0.4) is 0 Å². The molecule has 178 valence electrons. The van der Waals surface area contributed by atoms with Crippen LogP contribution in [0.4, 0.5) is 5.69 Å². The van der Waals surface area contributed by atoms with Crippen LogP contribution >= 0.6 is 0 Å². The van der Waals surface area contributed by atoms with Crippen molar-refractivity contribution in [3.8, 4) is 5.75 Å². The van der Waals surface area contributed by atoms with Gasteiger partial charge in [0.25, 0.3) is 5.91 Å². The Bertz CT molecular complexity index is 1230. The summed E-state index contributed by atoms with van der Waals surface area (Å²) in [5.74, 6) is -0.909. The summed E-state index contributed by atoms with van der Waals surface area (Å²) in [6, 6.07) is 12.9. The summed E-state index contributed by atoms with van der Waals surface area (Å²) >= 11 is 0. The topological polar surface area (TPSA) is 124 Å². The number of amides is 1. The minimum absolute atomic E-state index is 0.0276. The van der Waals surface area contributed by atoms with Crippen molar-refractivity contribution in [2.45, 2.75) is 49.5 Å². The van der Waals surface area contributed by atoms with Gasteiger partial charge in [0.2, 0.25) is 10.0 Å². The Labute approximate surface area is 194 Å². The Hall–Kier alpha value is -2.63. The van der Waals surface area contributed by atoms with Crippen molar-refractivity contribution in [2.24, 2.45) is 0 Å². The number of anilines is 1. The van der Waals surface area contributed by atoms with Gasteiger partial charge < -0.3 is 5.11 Å². The Morgan fingerprint density at radius 2 is 1.82 bits per heavy atom. The molecule has 2 aromatic rings. The van der Waals surface area contributed by atoms with E-state index in [1.54, 1.807) is 40.7 Å². The second-order valence-corrected chi connectivity index (χ2v) is 11.8. The van der Waals surface area contributed by atoms with Crippen LogP contribution < -0.4 is 9.03 Å². The number of nitrogens with zero attached hydrogens (tertiary/aromatic N) is 2. The number of nitrogens with one attached hydrogen (secondary N) is 1. The second-order valence-electron chi connectivity index (χ2n) is 8.33. The first-order chi connectivity index (χ1) is 15.7. The highest BCUT2D eigenvalue weighted by Gasteiger charge is 2.36. The van der Waals surface area contributed by atoms with Gasteiger partial charge in [0, 0.05) is 12.6 Å². The highest BCUT2D eigenvalue weighted by molar-refractivity contribution is 7.92. The van der Waals surface area contributed by atoms with Crippen LogP contribution in [0.2, 0.25) is 0 Å². The van der Waals surface area contributed by atoms with E-state index in [1.807, 2.05) is 4.72 Å². The Balaban J connectivity index is 1.51. The normalized spacial score (nSPS) is 21.5. The van der Waals surface area contributed by atoms with Gasteiger partial charge in [-0.05, 0) is 55.5 Å². The molecule has 0 aromatic heterocycles. The number of aryl methyl sites for hydroxylation is 1. The molecule has 2 fully saturated rings. The SMILES string of the molecule is O=C1CN(c2ccc(CCC3CCCCCN3S(=O)(=O)c3ccccc3)cc2O)S(=O)(=O)N1. The van der Waals surface area contributed by atoms with Crippen molar-refractivity contribution >= 4 is 31.8 Å². The third-order valence-corrected chi connectivity index (χ3v) is 9.43. The molecule has 4 rings (SSSR count). The number of carbonyl (C=O) groups is 1. The van der Waals surface area contributed by atoms with Crippen molar-refractivity contribution in [2.75, 3.05) is 17.4 Å². The maximum Gasteiger partial charge on any atom is 0.326 e. The third-order valence-electron chi connectivity index (χ3n) is 6.07. The summed E-state index contributed by atoms with van der Waals surface area (Å²) in [5, 5.41) is 10.4. The molecule has 2 aliphatic heterocycles. The molecule has 1 amide bonds. The van der Waals surface area contributed by atoms with Crippen LogP contribution in [0, 0.1) is 0 Å². The van der Waals surface area contributed by atoms with Gasteiger partial charge in [-0.2, -0.15) is 12.7 Å². The molecule has 0 saturated carbocycles. The third kappa shape index (κ3) is 4.99. The number of carbonyl (C=O) groups excluding carboxylic acids is 1. The average Bonchev–Trinajstić information content (AvgIpc) is 2.93. The lowest BCUT2D eigenvalue weighted by Gasteiger charge is -2.29. The molecule has 0 radical (unpaired) electrons. The summed E-state index contributed by atoms with van der Waals surface area (Å²) in [5.41, 5.74) is 0.785. The van der Waals surface area contributed by atoms with Crippen LogP contribution in [0.1, 0.15) is 37.7 Å². The minimum atomic E-state index is -4.01. The Kier molecular flexibility index (Phi) is 6.64. The first-order valence-corrected chi connectivity index (χ1v) is 13.8. The van der Waals surface area contributed by atoms with Crippen LogP contribution in [0.15, 0.2) is 53.4 Å². The second kappa shape index (κ2) is 9.32. The zero-order valence-corrected chi connectivity index (χ0v) is 19.7. The zero-order chi connectivity index (χ0) is 23.6. The number of phenolic OH excluding ortho intramolecular Hbond substituents is 1. The molecule has 2 aromatic carbocycles. The molecule has 1 atom stereocenters. The number of hydrogen-bond acceptors (Lipinski definition) is 6. The van der Waals surface area contributed by atoms with Crippen molar-refractivity contribution < 1.29 is 26.7 Å². The van der Waals surface area contributed by atoms with E-state index in [0.29, 0.717) is 19.4 Å². The zero-order valence-electron chi connectivity index (χ0n) is 18.1. The van der Waals surface area contributed by atoms with Gasteiger partial charge in [-0.15, -0.1) is 0 Å². The molecule has 33 heavy (non-hydrogen) atoms. The number of benzene rings is 2. The smallest absolute Gasteiger partial charge is 0.326 e. The summed E-state index contributed by atoms with van der Waals surface area (Å²) in [6.45, 7) is 0.0869. The van der Waals surface area contributed by atoms with E-state index in [2.05, 4.69) is 0 Å². The molecule has 0 bridgehead atoms. The molecular formula is C22H27N3O6S2. The lowest BCUT2D eigenvalue weighted by atomic mass is 10.0. The maximum absolute atomic E-state index is 13.3. The first-order valence-electron chi connectivity index (χ1n) is 10.9. The number of rotatable bonds is 6. The van der Waals surface area contributed by atoms with Crippen molar-refractivity contribution in [3.05, 3.63) is 54.1 Å². The van der Waals surface area contributed by atoms with Crippen LogP contribution in [-0.4, -0.2) is 51.3 Å². The maximum atomic E-state index is 13.3. The van der Waals surface area contributed by atoms with E-state index >= 15 is 0 Å². The summed E-state index contributed by atoms with van der Waals surface area (Å²) < 4.78 is 55.0. The van der Waals surface area contributed by atoms with Gasteiger partial charge >= 0.3 is 10.2 Å². The largest absolute Gasteiger partial charge is 0.506 e. The van der Waals surface area contributed by atoms with E-state index < -0.39 is 26.1 Å². The Morgan fingerprint density at radius 3 is 2.48 bits per heavy atom. The van der Waals surface area contributed by atoms with Crippen LogP contribution in [0.5, 0.6) is 5.75 Å².